The Labute approximate surface area is 127 Å². The van der Waals surface area contributed by atoms with Crippen LogP contribution in [0.25, 0.3) is 0 Å². The number of rotatable bonds is 5. The zero-order valence-electron chi connectivity index (χ0n) is 13.5. The van der Waals surface area contributed by atoms with Crippen molar-refractivity contribution in [1.29, 1.82) is 0 Å². The first-order valence-corrected chi connectivity index (χ1v) is 7.81. The molecule has 0 spiro atoms. The molecule has 1 aliphatic heterocycles. The number of hydrogen-bond acceptors (Lipinski definition) is 4. The minimum Gasteiger partial charge on any atom is -0.444 e. The number of nitrogens with two attached hydrogens (primary N) is 1. The number of amides is 2. The van der Waals surface area contributed by atoms with Crippen molar-refractivity contribution in [3.63, 3.8) is 0 Å². The molecule has 3 N–H and O–H groups in total. The minimum atomic E-state index is -0.495. The van der Waals surface area contributed by atoms with E-state index in [1.165, 1.54) is 6.42 Å². The average molecular weight is 299 g/mol. The summed E-state index contributed by atoms with van der Waals surface area (Å²) in [6, 6.07) is -0.469. The molecule has 0 bridgehead atoms. The summed E-state index contributed by atoms with van der Waals surface area (Å²) in [6.45, 7) is 7.57. The summed E-state index contributed by atoms with van der Waals surface area (Å²) in [5, 5.41) is 2.67. The summed E-state index contributed by atoms with van der Waals surface area (Å²) in [5.74, 6) is 0.0342. The molecule has 1 fully saturated rings. The number of carbonyl (C=O) groups is 2. The maximum atomic E-state index is 12.1. The highest BCUT2D eigenvalue weighted by atomic mass is 16.6. The molecule has 0 radical (unpaired) electrons. The molecule has 21 heavy (non-hydrogen) atoms. The monoisotopic (exact) mass is 299 g/mol. The molecule has 6 heteroatoms. The first-order valence-electron chi connectivity index (χ1n) is 7.81. The van der Waals surface area contributed by atoms with E-state index in [0.717, 1.165) is 25.9 Å². The van der Waals surface area contributed by atoms with Crippen LogP contribution in [0.4, 0.5) is 4.79 Å². The number of piperidine rings is 1. The number of nitrogens with zero attached hydrogens (tertiary/aromatic N) is 1. The van der Waals surface area contributed by atoms with E-state index in [1.54, 1.807) is 0 Å². The molecule has 1 aliphatic rings. The molecule has 1 rings (SSSR count). The van der Waals surface area contributed by atoms with E-state index in [-0.39, 0.29) is 5.91 Å². The summed E-state index contributed by atoms with van der Waals surface area (Å²) in [5.41, 5.74) is 5.44. The maximum Gasteiger partial charge on any atom is 0.407 e. The normalized spacial score (nSPS) is 17.2. The standard InChI is InChI=1S/C15H29N3O3/c1-15(2,3)21-14(20)17-9-7-8-12(16)13(19)18-10-5-4-6-11-18/h12H,4-11,16H2,1-3H3,(H,17,20)/t12-/m1/s1. The molecule has 0 saturated carbocycles. The van der Waals surface area contributed by atoms with Gasteiger partial charge in [-0.3, -0.25) is 4.79 Å². The average Bonchev–Trinajstić information content (AvgIpc) is 2.41. The second-order valence-corrected chi connectivity index (χ2v) is 6.56. The molecule has 0 aromatic heterocycles. The van der Waals surface area contributed by atoms with E-state index in [9.17, 15) is 9.59 Å². The zero-order valence-corrected chi connectivity index (χ0v) is 13.5. The lowest BCUT2D eigenvalue weighted by molar-refractivity contribution is -0.133. The van der Waals surface area contributed by atoms with Gasteiger partial charge in [0.05, 0.1) is 6.04 Å². The van der Waals surface area contributed by atoms with E-state index < -0.39 is 17.7 Å². The van der Waals surface area contributed by atoms with Crippen LogP contribution in [0.15, 0.2) is 0 Å². The summed E-state index contributed by atoms with van der Waals surface area (Å²) < 4.78 is 5.13. The van der Waals surface area contributed by atoms with Crippen molar-refractivity contribution in [1.82, 2.24) is 10.2 Å². The van der Waals surface area contributed by atoms with Gasteiger partial charge >= 0.3 is 6.09 Å². The van der Waals surface area contributed by atoms with Crippen LogP contribution < -0.4 is 11.1 Å². The first kappa shape index (κ1) is 17.8. The topological polar surface area (TPSA) is 84.7 Å². The van der Waals surface area contributed by atoms with Crippen molar-refractivity contribution in [2.75, 3.05) is 19.6 Å². The Morgan fingerprint density at radius 1 is 1.24 bits per heavy atom. The molecule has 0 unspecified atom stereocenters. The van der Waals surface area contributed by atoms with Crippen LogP contribution in [0.3, 0.4) is 0 Å². The number of likely N-dealkylation sites (tertiary alicyclic amines) is 1. The fraction of sp³-hybridized carbons (Fsp3) is 0.867. The number of alkyl carbamates (subject to hydrolysis) is 1. The maximum absolute atomic E-state index is 12.1. The SMILES string of the molecule is CC(C)(C)OC(=O)NCCC[C@@H](N)C(=O)N1CCCCC1. The fourth-order valence-electron chi connectivity index (χ4n) is 2.30. The molecule has 1 atom stereocenters. The van der Waals surface area contributed by atoms with Crippen molar-refractivity contribution >= 4 is 12.0 Å². The second kappa shape index (κ2) is 8.22. The van der Waals surface area contributed by atoms with Gasteiger partial charge in [0.1, 0.15) is 5.60 Å². The number of ether oxygens (including phenoxy) is 1. The highest BCUT2D eigenvalue weighted by molar-refractivity contribution is 5.81. The van der Waals surface area contributed by atoms with Gasteiger partial charge in [-0.1, -0.05) is 0 Å². The lowest BCUT2D eigenvalue weighted by atomic mass is 10.1. The molecule has 0 aromatic rings. The first-order chi connectivity index (χ1) is 9.79. The van der Waals surface area contributed by atoms with Crippen molar-refractivity contribution < 1.29 is 14.3 Å². The fourth-order valence-corrected chi connectivity index (χ4v) is 2.30. The number of carbonyl (C=O) groups excluding carboxylic acids is 2. The van der Waals surface area contributed by atoms with Crippen molar-refractivity contribution in [2.45, 2.75) is 64.5 Å². The Morgan fingerprint density at radius 3 is 2.43 bits per heavy atom. The number of hydrogen-bond donors (Lipinski definition) is 2. The predicted octanol–water partition coefficient (Wildman–Crippen LogP) is 1.63. The molecular weight excluding hydrogens is 270 g/mol. The van der Waals surface area contributed by atoms with Crippen molar-refractivity contribution in [2.24, 2.45) is 5.73 Å². The quantitative estimate of drug-likeness (QED) is 0.756. The van der Waals surface area contributed by atoms with Gasteiger partial charge in [0.25, 0.3) is 0 Å². The summed E-state index contributed by atoms with van der Waals surface area (Å²) in [4.78, 5) is 25.4. The summed E-state index contributed by atoms with van der Waals surface area (Å²) >= 11 is 0. The molecule has 0 aliphatic carbocycles. The van der Waals surface area contributed by atoms with E-state index in [2.05, 4.69) is 5.32 Å². The smallest absolute Gasteiger partial charge is 0.407 e. The Morgan fingerprint density at radius 2 is 1.86 bits per heavy atom. The summed E-state index contributed by atoms with van der Waals surface area (Å²) in [7, 11) is 0. The second-order valence-electron chi connectivity index (χ2n) is 6.56. The van der Waals surface area contributed by atoms with Crippen molar-refractivity contribution in [3.05, 3.63) is 0 Å². The van der Waals surface area contributed by atoms with E-state index in [4.69, 9.17) is 10.5 Å². The zero-order chi connectivity index (χ0) is 15.9. The third-order valence-electron chi connectivity index (χ3n) is 3.35. The van der Waals surface area contributed by atoms with Crippen LogP contribution in [0, 0.1) is 0 Å². The van der Waals surface area contributed by atoms with Crippen LogP contribution in [0.1, 0.15) is 52.9 Å². The molecule has 0 aromatic carbocycles. The van der Waals surface area contributed by atoms with Crippen LogP contribution in [-0.2, 0) is 9.53 Å². The van der Waals surface area contributed by atoms with Crippen LogP contribution >= 0.6 is 0 Å². The van der Waals surface area contributed by atoms with Gasteiger partial charge in [0.15, 0.2) is 0 Å². The highest BCUT2D eigenvalue weighted by Gasteiger charge is 2.22. The Balaban J connectivity index is 2.16. The van der Waals surface area contributed by atoms with Gasteiger partial charge in [-0.25, -0.2) is 4.79 Å². The largest absolute Gasteiger partial charge is 0.444 e. The highest BCUT2D eigenvalue weighted by Crippen LogP contribution is 2.11. The van der Waals surface area contributed by atoms with Gasteiger partial charge in [0.2, 0.25) is 5.91 Å². The molecule has 1 heterocycles. The molecular formula is C15H29N3O3. The Kier molecular flexibility index (Phi) is 6.95. The van der Waals surface area contributed by atoms with Gasteiger partial charge in [0, 0.05) is 19.6 Å². The lowest BCUT2D eigenvalue weighted by Crippen LogP contribution is -2.46. The van der Waals surface area contributed by atoms with Crippen LogP contribution in [0.5, 0.6) is 0 Å². The number of nitrogens with one attached hydrogen (secondary N) is 1. The van der Waals surface area contributed by atoms with E-state index >= 15 is 0 Å². The van der Waals surface area contributed by atoms with Gasteiger partial charge in [-0.15, -0.1) is 0 Å². The molecule has 6 nitrogen and oxygen atoms in total. The van der Waals surface area contributed by atoms with Gasteiger partial charge in [-0.2, -0.15) is 0 Å². The summed E-state index contributed by atoms with van der Waals surface area (Å²) in [6.07, 6.45) is 4.14. The van der Waals surface area contributed by atoms with Gasteiger partial charge in [-0.05, 0) is 52.9 Å². The minimum absolute atomic E-state index is 0.0342. The lowest BCUT2D eigenvalue weighted by Gasteiger charge is -2.29. The third-order valence-corrected chi connectivity index (χ3v) is 3.35. The van der Waals surface area contributed by atoms with Gasteiger partial charge < -0.3 is 20.7 Å². The van der Waals surface area contributed by atoms with Crippen LogP contribution in [-0.4, -0.2) is 48.2 Å². The van der Waals surface area contributed by atoms with E-state index in [1.807, 2.05) is 25.7 Å². The Bertz CT molecular complexity index is 347. The molecule has 1 saturated heterocycles. The predicted molar refractivity (Wildman–Crippen MR) is 81.9 cm³/mol. The van der Waals surface area contributed by atoms with E-state index in [0.29, 0.717) is 19.4 Å². The molecule has 122 valence electrons. The third kappa shape index (κ3) is 7.32. The Hall–Kier alpha value is -1.30. The van der Waals surface area contributed by atoms with Crippen LogP contribution in [0.2, 0.25) is 0 Å². The van der Waals surface area contributed by atoms with Crippen molar-refractivity contribution in [3.8, 4) is 0 Å². The molecule has 2 amide bonds.